The van der Waals surface area contributed by atoms with E-state index in [0.717, 1.165) is 0 Å². The van der Waals surface area contributed by atoms with Crippen LogP contribution in [0, 0.1) is 0 Å². The van der Waals surface area contributed by atoms with E-state index in [-0.39, 0.29) is 11.5 Å². The number of carbonyl (C=O) groups is 1. The second-order valence-electron chi connectivity index (χ2n) is 3.91. The third kappa shape index (κ3) is 2.07. The number of hydrogen-bond acceptors (Lipinski definition) is 3. The number of benzene rings is 1. The minimum Gasteiger partial charge on any atom is -0.475 e. The van der Waals surface area contributed by atoms with E-state index < -0.39 is 11.6 Å². The molecule has 1 heterocycles. The van der Waals surface area contributed by atoms with E-state index in [9.17, 15) is 9.90 Å². The zero-order valence-electron chi connectivity index (χ0n) is 9.25. The third-order valence-electron chi connectivity index (χ3n) is 2.63. The van der Waals surface area contributed by atoms with Crippen LogP contribution in [-0.4, -0.2) is 16.2 Å². The molecule has 0 spiro atoms. The van der Waals surface area contributed by atoms with Crippen molar-refractivity contribution in [2.45, 2.75) is 12.5 Å². The molecule has 2 N–H and O–H groups in total. The Morgan fingerprint density at radius 3 is 2.35 bits per heavy atom. The van der Waals surface area contributed by atoms with Crippen LogP contribution < -0.4 is 0 Å². The second-order valence-corrected chi connectivity index (χ2v) is 3.91. The summed E-state index contributed by atoms with van der Waals surface area (Å²) >= 11 is 0. The van der Waals surface area contributed by atoms with Crippen LogP contribution in [0.25, 0.3) is 0 Å². The summed E-state index contributed by atoms with van der Waals surface area (Å²) in [6.07, 6.45) is 0. The molecular weight excluding hydrogens is 220 g/mol. The Morgan fingerprint density at radius 2 is 1.82 bits per heavy atom. The van der Waals surface area contributed by atoms with Crippen molar-refractivity contribution in [2.24, 2.45) is 0 Å². The highest BCUT2D eigenvalue weighted by Crippen LogP contribution is 2.30. The predicted molar refractivity (Wildman–Crippen MR) is 60.8 cm³/mol. The van der Waals surface area contributed by atoms with Gasteiger partial charge < -0.3 is 14.6 Å². The number of carboxylic acids is 1. The van der Waals surface area contributed by atoms with Crippen LogP contribution in [0.3, 0.4) is 0 Å². The summed E-state index contributed by atoms with van der Waals surface area (Å²) in [5.41, 5.74) is -0.694. The molecule has 1 aromatic heterocycles. The molecule has 2 rings (SSSR count). The van der Waals surface area contributed by atoms with Gasteiger partial charge in [-0.2, -0.15) is 0 Å². The Kier molecular flexibility index (Phi) is 2.73. The molecule has 1 unspecified atom stereocenters. The van der Waals surface area contributed by atoms with Crippen LogP contribution in [0.5, 0.6) is 0 Å². The largest absolute Gasteiger partial charge is 0.475 e. The van der Waals surface area contributed by atoms with Gasteiger partial charge in [0.15, 0.2) is 0 Å². The monoisotopic (exact) mass is 232 g/mol. The van der Waals surface area contributed by atoms with Gasteiger partial charge in [-0.05, 0) is 24.6 Å². The minimum atomic E-state index is -1.34. The van der Waals surface area contributed by atoms with Gasteiger partial charge in [-0.3, -0.25) is 0 Å². The molecule has 1 atom stereocenters. The molecular formula is C13H12O4. The first-order chi connectivity index (χ1) is 8.01. The number of hydrogen-bond donors (Lipinski definition) is 2. The smallest absolute Gasteiger partial charge is 0.371 e. The summed E-state index contributed by atoms with van der Waals surface area (Å²) in [5.74, 6) is -1.13. The molecule has 17 heavy (non-hydrogen) atoms. The number of carboxylic acid groups (broad SMARTS) is 1. The highest BCUT2D eigenvalue weighted by Gasteiger charge is 2.29. The van der Waals surface area contributed by atoms with E-state index >= 15 is 0 Å². The van der Waals surface area contributed by atoms with Crippen LogP contribution in [0.1, 0.15) is 28.8 Å². The van der Waals surface area contributed by atoms with Crippen molar-refractivity contribution in [1.82, 2.24) is 0 Å². The molecule has 0 saturated carbocycles. The summed E-state index contributed by atoms with van der Waals surface area (Å²) in [5, 5.41) is 19.1. The van der Waals surface area contributed by atoms with Gasteiger partial charge in [0.2, 0.25) is 5.76 Å². The van der Waals surface area contributed by atoms with Crippen molar-refractivity contribution in [3.63, 3.8) is 0 Å². The summed E-state index contributed by atoms with van der Waals surface area (Å²) in [6, 6.07) is 11.7. The Bertz CT molecular complexity index is 525. The third-order valence-corrected chi connectivity index (χ3v) is 2.63. The van der Waals surface area contributed by atoms with Gasteiger partial charge >= 0.3 is 5.97 Å². The highest BCUT2D eigenvalue weighted by molar-refractivity contribution is 5.84. The molecule has 88 valence electrons. The predicted octanol–water partition coefficient (Wildman–Crippen LogP) is 2.23. The Balaban J connectivity index is 2.41. The first-order valence-electron chi connectivity index (χ1n) is 5.13. The van der Waals surface area contributed by atoms with Gasteiger partial charge in [-0.1, -0.05) is 30.3 Å². The Hall–Kier alpha value is -2.07. The lowest BCUT2D eigenvalue weighted by atomic mass is 9.94. The van der Waals surface area contributed by atoms with Crippen molar-refractivity contribution in [3.05, 3.63) is 59.5 Å². The SMILES string of the molecule is CC(O)(c1ccccc1)c1ccc(C(=O)O)o1. The maximum absolute atomic E-state index is 10.7. The van der Waals surface area contributed by atoms with Crippen molar-refractivity contribution in [1.29, 1.82) is 0 Å². The van der Waals surface area contributed by atoms with Gasteiger partial charge in [0.25, 0.3) is 0 Å². The van der Waals surface area contributed by atoms with Gasteiger partial charge in [-0.15, -0.1) is 0 Å². The van der Waals surface area contributed by atoms with Crippen LogP contribution in [0.4, 0.5) is 0 Å². The van der Waals surface area contributed by atoms with Gasteiger partial charge in [-0.25, -0.2) is 4.79 Å². The maximum atomic E-state index is 10.7. The van der Waals surface area contributed by atoms with Crippen LogP contribution in [0.15, 0.2) is 46.9 Å². The molecule has 0 amide bonds. The molecule has 1 aromatic carbocycles. The van der Waals surface area contributed by atoms with Crippen molar-refractivity contribution in [3.8, 4) is 0 Å². The zero-order valence-corrected chi connectivity index (χ0v) is 9.25. The Labute approximate surface area is 98.1 Å². The van der Waals surface area contributed by atoms with E-state index in [1.165, 1.54) is 12.1 Å². The molecule has 0 bridgehead atoms. The average Bonchev–Trinajstić information content (AvgIpc) is 2.80. The van der Waals surface area contributed by atoms with E-state index in [2.05, 4.69) is 0 Å². The van der Waals surface area contributed by atoms with E-state index in [4.69, 9.17) is 9.52 Å². The fraction of sp³-hybridized carbons (Fsp3) is 0.154. The molecule has 0 aliphatic rings. The lowest BCUT2D eigenvalue weighted by molar-refractivity contribution is 0.0601. The second kappa shape index (κ2) is 4.07. The number of aliphatic hydroxyl groups is 1. The fourth-order valence-electron chi connectivity index (χ4n) is 1.62. The first kappa shape index (κ1) is 11.4. The van der Waals surface area contributed by atoms with Crippen molar-refractivity contribution < 1.29 is 19.4 Å². The average molecular weight is 232 g/mol. The molecule has 0 radical (unpaired) electrons. The van der Waals surface area contributed by atoms with Crippen LogP contribution in [0.2, 0.25) is 0 Å². The van der Waals surface area contributed by atoms with E-state index in [1.807, 2.05) is 6.07 Å². The summed E-state index contributed by atoms with van der Waals surface area (Å²) in [4.78, 5) is 10.7. The van der Waals surface area contributed by atoms with Crippen LogP contribution in [-0.2, 0) is 5.60 Å². The maximum Gasteiger partial charge on any atom is 0.371 e. The number of furan rings is 1. The van der Waals surface area contributed by atoms with Gasteiger partial charge in [0.1, 0.15) is 11.4 Å². The van der Waals surface area contributed by atoms with E-state index in [0.29, 0.717) is 5.56 Å². The summed E-state index contributed by atoms with van der Waals surface area (Å²) in [6.45, 7) is 1.56. The molecule has 2 aromatic rings. The van der Waals surface area contributed by atoms with E-state index in [1.54, 1.807) is 31.2 Å². The lowest BCUT2D eigenvalue weighted by Crippen LogP contribution is -2.21. The van der Waals surface area contributed by atoms with Crippen molar-refractivity contribution in [2.75, 3.05) is 0 Å². The molecule has 0 aliphatic carbocycles. The Morgan fingerprint density at radius 1 is 1.18 bits per heavy atom. The topological polar surface area (TPSA) is 70.7 Å². The van der Waals surface area contributed by atoms with Crippen LogP contribution >= 0.6 is 0 Å². The highest BCUT2D eigenvalue weighted by atomic mass is 16.4. The molecule has 0 saturated heterocycles. The molecule has 4 nitrogen and oxygen atoms in total. The summed E-state index contributed by atoms with van der Waals surface area (Å²) < 4.78 is 5.11. The minimum absolute atomic E-state index is 0.184. The summed E-state index contributed by atoms with van der Waals surface area (Å²) in [7, 11) is 0. The quantitative estimate of drug-likeness (QED) is 0.851. The van der Waals surface area contributed by atoms with Gasteiger partial charge in [0.05, 0.1) is 0 Å². The lowest BCUT2D eigenvalue weighted by Gasteiger charge is -2.21. The molecule has 0 aliphatic heterocycles. The molecule has 4 heteroatoms. The van der Waals surface area contributed by atoms with Gasteiger partial charge in [0, 0.05) is 0 Å². The normalized spacial score (nSPS) is 14.2. The first-order valence-corrected chi connectivity index (χ1v) is 5.13. The standard InChI is InChI=1S/C13H12O4/c1-13(16,9-5-3-2-4-6-9)11-8-7-10(17-11)12(14)15/h2-8,16H,1H3,(H,14,15). The number of aromatic carboxylic acids is 1. The zero-order chi connectivity index (χ0) is 12.5. The number of rotatable bonds is 3. The molecule has 0 fully saturated rings. The fourth-order valence-corrected chi connectivity index (χ4v) is 1.62. The van der Waals surface area contributed by atoms with Crippen molar-refractivity contribution >= 4 is 5.97 Å².